The first-order valence-corrected chi connectivity index (χ1v) is 6.74. The Bertz CT molecular complexity index is 457. The summed E-state index contributed by atoms with van der Waals surface area (Å²) in [5.41, 5.74) is -0.196. The molecule has 0 aliphatic rings. The molecule has 9 heteroatoms. The summed E-state index contributed by atoms with van der Waals surface area (Å²) in [5.74, 6) is 0.473. The van der Waals surface area contributed by atoms with Crippen LogP contribution < -0.4 is 10.6 Å². The van der Waals surface area contributed by atoms with Gasteiger partial charge < -0.3 is 20.5 Å². The van der Waals surface area contributed by atoms with Gasteiger partial charge in [-0.15, -0.1) is 0 Å². The summed E-state index contributed by atoms with van der Waals surface area (Å²) < 4.78 is 4.81. The Morgan fingerprint density at radius 2 is 2.24 bits per heavy atom. The summed E-state index contributed by atoms with van der Waals surface area (Å²) in [5, 5.41) is 26.3. The van der Waals surface area contributed by atoms with Crippen molar-refractivity contribution in [2.24, 2.45) is 0 Å². The molecule has 0 aliphatic carbocycles. The molecule has 0 saturated carbocycles. The summed E-state index contributed by atoms with van der Waals surface area (Å²) in [6.07, 6.45) is 1.83. The standard InChI is InChI=1S/C12H21N5O4/c1-3-5-14-12-15-7-10(17(19)20)11(16-12)13-6-4-9(18)8-21-2/h7,9,18H,3-6,8H2,1-2H3,(H2,13,14,15,16). The molecule has 0 aliphatic heterocycles. The van der Waals surface area contributed by atoms with Crippen molar-refractivity contribution in [1.82, 2.24) is 9.97 Å². The van der Waals surface area contributed by atoms with Crippen molar-refractivity contribution in [3.8, 4) is 0 Å². The van der Waals surface area contributed by atoms with Gasteiger partial charge in [0.25, 0.3) is 0 Å². The van der Waals surface area contributed by atoms with Crippen molar-refractivity contribution in [3.05, 3.63) is 16.3 Å². The van der Waals surface area contributed by atoms with Crippen LogP contribution in [0.1, 0.15) is 19.8 Å². The van der Waals surface area contributed by atoms with Gasteiger partial charge in [0.2, 0.25) is 11.8 Å². The molecule has 1 aromatic rings. The first-order chi connectivity index (χ1) is 10.1. The molecule has 0 aromatic carbocycles. The van der Waals surface area contributed by atoms with Crippen molar-refractivity contribution in [2.45, 2.75) is 25.9 Å². The van der Waals surface area contributed by atoms with Crippen LogP contribution in [-0.4, -0.2) is 52.9 Å². The second-order valence-corrected chi connectivity index (χ2v) is 4.44. The van der Waals surface area contributed by atoms with E-state index in [1.165, 1.54) is 13.3 Å². The molecule has 0 spiro atoms. The van der Waals surface area contributed by atoms with E-state index in [4.69, 9.17) is 4.74 Å². The van der Waals surface area contributed by atoms with E-state index in [9.17, 15) is 15.2 Å². The SMILES string of the molecule is CCCNc1ncc([N+](=O)[O-])c(NCCC(O)COC)n1. The van der Waals surface area contributed by atoms with E-state index in [2.05, 4.69) is 20.6 Å². The fourth-order valence-electron chi connectivity index (χ4n) is 1.59. The van der Waals surface area contributed by atoms with Crippen LogP contribution in [0.5, 0.6) is 0 Å². The van der Waals surface area contributed by atoms with Crippen molar-refractivity contribution >= 4 is 17.5 Å². The van der Waals surface area contributed by atoms with E-state index in [1.807, 2.05) is 6.92 Å². The minimum Gasteiger partial charge on any atom is -0.391 e. The first kappa shape index (κ1) is 17.1. The number of nitrogens with one attached hydrogen (secondary N) is 2. The third-order valence-electron chi connectivity index (χ3n) is 2.63. The Hall–Kier alpha value is -2.00. The quantitative estimate of drug-likeness (QED) is 0.432. The van der Waals surface area contributed by atoms with Crippen LogP contribution in [0.2, 0.25) is 0 Å². The molecule has 1 aromatic heterocycles. The largest absolute Gasteiger partial charge is 0.391 e. The Morgan fingerprint density at radius 1 is 1.48 bits per heavy atom. The topological polar surface area (TPSA) is 122 Å². The lowest BCUT2D eigenvalue weighted by Crippen LogP contribution is -2.19. The van der Waals surface area contributed by atoms with Crippen LogP contribution in [-0.2, 0) is 4.74 Å². The number of aliphatic hydroxyl groups excluding tert-OH is 1. The summed E-state index contributed by atoms with van der Waals surface area (Å²) in [7, 11) is 1.50. The fourth-order valence-corrected chi connectivity index (χ4v) is 1.59. The Labute approximate surface area is 122 Å². The summed E-state index contributed by atoms with van der Waals surface area (Å²) in [6.45, 7) is 3.24. The maximum atomic E-state index is 10.9. The van der Waals surface area contributed by atoms with E-state index in [1.54, 1.807) is 0 Å². The zero-order chi connectivity index (χ0) is 15.7. The third kappa shape index (κ3) is 5.88. The normalized spacial score (nSPS) is 12.0. The lowest BCUT2D eigenvalue weighted by atomic mass is 10.2. The number of rotatable bonds is 10. The number of methoxy groups -OCH3 is 1. The van der Waals surface area contributed by atoms with E-state index < -0.39 is 11.0 Å². The predicted molar refractivity (Wildman–Crippen MR) is 78.5 cm³/mol. The molecule has 3 N–H and O–H groups in total. The highest BCUT2D eigenvalue weighted by molar-refractivity contribution is 5.56. The van der Waals surface area contributed by atoms with Crippen LogP contribution in [0.3, 0.4) is 0 Å². The van der Waals surface area contributed by atoms with E-state index in [0.29, 0.717) is 25.5 Å². The number of nitro groups is 1. The summed E-state index contributed by atoms with van der Waals surface area (Å²) >= 11 is 0. The second-order valence-electron chi connectivity index (χ2n) is 4.44. The number of aliphatic hydroxyl groups is 1. The highest BCUT2D eigenvalue weighted by Crippen LogP contribution is 2.21. The first-order valence-electron chi connectivity index (χ1n) is 6.74. The molecule has 9 nitrogen and oxygen atoms in total. The van der Waals surface area contributed by atoms with Crippen molar-refractivity contribution in [1.29, 1.82) is 0 Å². The lowest BCUT2D eigenvalue weighted by molar-refractivity contribution is -0.384. The van der Waals surface area contributed by atoms with Crippen LogP contribution >= 0.6 is 0 Å². The average Bonchev–Trinajstić information content (AvgIpc) is 2.45. The number of ether oxygens (including phenoxy) is 1. The maximum absolute atomic E-state index is 10.9. The minimum absolute atomic E-state index is 0.137. The van der Waals surface area contributed by atoms with E-state index >= 15 is 0 Å². The van der Waals surface area contributed by atoms with Gasteiger partial charge in [0.15, 0.2) is 0 Å². The smallest absolute Gasteiger partial charge is 0.329 e. The van der Waals surface area contributed by atoms with E-state index in [-0.39, 0.29) is 18.1 Å². The molecule has 0 amide bonds. The zero-order valence-electron chi connectivity index (χ0n) is 12.2. The Morgan fingerprint density at radius 3 is 2.86 bits per heavy atom. The summed E-state index contributed by atoms with van der Waals surface area (Å²) in [4.78, 5) is 18.4. The number of nitrogens with zero attached hydrogens (tertiary/aromatic N) is 3. The van der Waals surface area contributed by atoms with Crippen LogP contribution in [0.25, 0.3) is 0 Å². The van der Waals surface area contributed by atoms with Crippen molar-refractivity contribution < 1.29 is 14.8 Å². The van der Waals surface area contributed by atoms with Gasteiger partial charge in [-0.3, -0.25) is 10.1 Å². The van der Waals surface area contributed by atoms with Gasteiger partial charge in [0.05, 0.1) is 17.6 Å². The Kier molecular flexibility index (Phi) is 7.33. The molecule has 1 atom stereocenters. The summed E-state index contributed by atoms with van der Waals surface area (Å²) in [6, 6.07) is 0. The lowest BCUT2D eigenvalue weighted by Gasteiger charge is -2.11. The molecule has 1 rings (SSSR count). The van der Waals surface area contributed by atoms with Gasteiger partial charge in [-0.2, -0.15) is 4.98 Å². The molecule has 0 saturated heterocycles. The molecular formula is C12H21N5O4. The molecule has 0 fully saturated rings. The molecule has 1 unspecified atom stereocenters. The average molecular weight is 299 g/mol. The van der Waals surface area contributed by atoms with Gasteiger partial charge in [0, 0.05) is 20.2 Å². The van der Waals surface area contributed by atoms with Crippen molar-refractivity contribution in [3.63, 3.8) is 0 Å². The highest BCUT2D eigenvalue weighted by Gasteiger charge is 2.17. The molecule has 0 radical (unpaired) electrons. The highest BCUT2D eigenvalue weighted by atomic mass is 16.6. The fraction of sp³-hybridized carbons (Fsp3) is 0.667. The number of anilines is 2. The predicted octanol–water partition coefficient (Wildman–Crippen LogP) is 1.02. The Balaban J connectivity index is 2.69. The van der Waals surface area contributed by atoms with Crippen LogP contribution in [0, 0.1) is 10.1 Å². The number of hydrogen-bond acceptors (Lipinski definition) is 8. The molecular weight excluding hydrogens is 278 g/mol. The van der Waals surface area contributed by atoms with E-state index in [0.717, 1.165) is 6.42 Å². The second kappa shape index (κ2) is 9.03. The number of hydrogen-bond donors (Lipinski definition) is 3. The monoisotopic (exact) mass is 299 g/mol. The van der Waals surface area contributed by atoms with Crippen LogP contribution in [0.15, 0.2) is 6.20 Å². The molecule has 0 bridgehead atoms. The molecule has 118 valence electrons. The minimum atomic E-state index is -0.624. The molecule has 21 heavy (non-hydrogen) atoms. The van der Waals surface area contributed by atoms with Gasteiger partial charge in [-0.1, -0.05) is 6.92 Å². The molecule has 1 heterocycles. The van der Waals surface area contributed by atoms with Gasteiger partial charge in [0.1, 0.15) is 6.20 Å². The number of aromatic nitrogens is 2. The van der Waals surface area contributed by atoms with Crippen LogP contribution in [0.4, 0.5) is 17.5 Å². The van der Waals surface area contributed by atoms with Gasteiger partial charge >= 0.3 is 5.69 Å². The van der Waals surface area contributed by atoms with Crippen molar-refractivity contribution in [2.75, 3.05) is 37.4 Å². The zero-order valence-corrected chi connectivity index (χ0v) is 12.2. The van der Waals surface area contributed by atoms with Gasteiger partial charge in [-0.05, 0) is 12.8 Å². The maximum Gasteiger partial charge on any atom is 0.329 e. The van der Waals surface area contributed by atoms with Gasteiger partial charge in [-0.25, -0.2) is 4.98 Å². The third-order valence-corrected chi connectivity index (χ3v) is 2.63.